The summed E-state index contributed by atoms with van der Waals surface area (Å²) < 4.78 is 26.4. The van der Waals surface area contributed by atoms with Crippen LogP contribution in [0.3, 0.4) is 0 Å². The molecule has 0 atom stereocenters. The van der Waals surface area contributed by atoms with Crippen LogP contribution in [0.5, 0.6) is 0 Å². The Kier molecular flexibility index (Phi) is 3.60. The van der Waals surface area contributed by atoms with Gasteiger partial charge in [0.1, 0.15) is 4.90 Å². The number of hydrogen-bond acceptors (Lipinski definition) is 3. The van der Waals surface area contributed by atoms with E-state index in [0.29, 0.717) is 4.47 Å². The van der Waals surface area contributed by atoms with Crippen LogP contribution in [-0.2, 0) is 14.8 Å². The van der Waals surface area contributed by atoms with Crippen molar-refractivity contribution in [2.75, 3.05) is 0 Å². The molecule has 4 nitrogen and oxygen atoms in total. The lowest BCUT2D eigenvalue weighted by Gasteiger charge is -2.00. The molecule has 1 aromatic rings. The fourth-order valence-corrected chi connectivity index (χ4v) is 3.19. The van der Waals surface area contributed by atoms with Crippen LogP contribution in [0.4, 0.5) is 0 Å². The van der Waals surface area contributed by atoms with Crippen LogP contribution < -0.4 is 0 Å². The molecule has 1 rings (SSSR count). The predicted octanol–water partition coefficient (Wildman–Crippen LogP) is 2.24. The topological polar surface area (TPSA) is 63.6 Å². The van der Waals surface area contributed by atoms with Crippen molar-refractivity contribution in [1.29, 1.82) is 0 Å². The van der Waals surface area contributed by atoms with Crippen molar-refractivity contribution in [3.8, 4) is 0 Å². The molecule has 1 aromatic carbocycles. The SMILES string of the molecule is O=C=NS(=O)(=O)c1ccc(Br)cc1Br. The molecular formula is C7H3Br2NO3S. The van der Waals surface area contributed by atoms with E-state index in [1.165, 1.54) is 12.1 Å². The van der Waals surface area contributed by atoms with Gasteiger partial charge in [0, 0.05) is 8.95 Å². The summed E-state index contributed by atoms with van der Waals surface area (Å²) in [5.41, 5.74) is 0. The average Bonchev–Trinajstić information content (AvgIpc) is 2.02. The summed E-state index contributed by atoms with van der Waals surface area (Å²) in [5, 5.41) is 0. The van der Waals surface area contributed by atoms with Crippen molar-refractivity contribution in [3.63, 3.8) is 0 Å². The van der Waals surface area contributed by atoms with Gasteiger partial charge in [-0.3, -0.25) is 0 Å². The molecule has 0 aromatic heterocycles. The van der Waals surface area contributed by atoms with Gasteiger partial charge in [-0.15, -0.1) is 0 Å². The maximum Gasteiger partial charge on any atom is 0.293 e. The first kappa shape index (κ1) is 11.6. The fourth-order valence-electron chi connectivity index (χ4n) is 0.783. The van der Waals surface area contributed by atoms with E-state index < -0.39 is 10.0 Å². The molecule has 0 radical (unpaired) electrons. The van der Waals surface area contributed by atoms with Crippen molar-refractivity contribution in [1.82, 2.24) is 0 Å². The number of rotatable bonds is 2. The maximum absolute atomic E-state index is 11.3. The molecule has 0 unspecified atom stereocenters. The minimum Gasteiger partial charge on any atom is -0.210 e. The van der Waals surface area contributed by atoms with Crippen LogP contribution >= 0.6 is 31.9 Å². The fraction of sp³-hybridized carbons (Fsp3) is 0. The second-order valence-corrected chi connectivity index (χ2v) is 5.57. The third kappa shape index (κ3) is 2.51. The number of isocyanates is 1. The molecule has 0 aliphatic carbocycles. The lowest BCUT2D eigenvalue weighted by atomic mass is 10.4. The minimum absolute atomic E-state index is 0.0657. The maximum atomic E-state index is 11.3. The smallest absolute Gasteiger partial charge is 0.210 e. The first-order chi connectivity index (χ1) is 6.47. The molecule has 0 spiro atoms. The van der Waals surface area contributed by atoms with E-state index in [4.69, 9.17) is 0 Å². The standard InChI is InChI=1S/C7H3Br2NO3S/c8-5-1-2-7(6(9)3-5)14(12,13)10-4-11/h1-3H. The van der Waals surface area contributed by atoms with Crippen molar-refractivity contribution in [3.05, 3.63) is 27.1 Å². The molecule has 0 fully saturated rings. The Morgan fingerprint density at radius 3 is 2.43 bits per heavy atom. The predicted molar refractivity (Wildman–Crippen MR) is 57.1 cm³/mol. The van der Waals surface area contributed by atoms with Crippen molar-refractivity contribution in [2.45, 2.75) is 4.90 Å². The van der Waals surface area contributed by atoms with Crippen molar-refractivity contribution >= 4 is 48.0 Å². The van der Waals surface area contributed by atoms with Gasteiger partial charge in [-0.2, -0.15) is 8.42 Å². The van der Waals surface area contributed by atoms with Gasteiger partial charge < -0.3 is 0 Å². The van der Waals surface area contributed by atoms with Gasteiger partial charge in [0.05, 0.1) is 0 Å². The van der Waals surface area contributed by atoms with E-state index in [2.05, 4.69) is 36.3 Å². The summed E-state index contributed by atoms with van der Waals surface area (Å²) in [5.74, 6) is 0. The Morgan fingerprint density at radius 1 is 1.29 bits per heavy atom. The van der Waals surface area contributed by atoms with Crippen LogP contribution in [0.25, 0.3) is 0 Å². The first-order valence-electron chi connectivity index (χ1n) is 3.26. The summed E-state index contributed by atoms with van der Waals surface area (Å²) in [6.07, 6.45) is 1.00. The Hall–Kier alpha value is -0.490. The van der Waals surface area contributed by atoms with E-state index in [9.17, 15) is 13.2 Å². The molecular weight excluding hydrogens is 338 g/mol. The van der Waals surface area contributed by atoms with E-state index in [1.807, 2.05) is 0 Å². The number of nitrogens with zero attached hydrogens (tertiary/aromatic N) is 1. The largest absolute Gasteiger partial charge is 0.293 e. The van der Waals surface area contributed by atoms with Crippen molar-refractivity contribution in [2.24, 2.45) is 4.40 Å². The highest BCUT2D eigenvalue weighted by Crippen LogP contribution is 2.26. The lowest BCUT2D eigenvalue weighted by Crippen LogP contribution is -1.97. The van der Waals surface area contributed by atoms with E-state index >= 15 is 0 Å². The second kappa shape index (κ2) is 4.35. The molecule has 0 saturated carbocycles. The Balaban J connectivity index is 3.41. The third-order valence-electron chi connectivity index (χ3n) is 1.33. The van der Waals surface area contributed by atoms with Crippen LogP contribution in [0.2, 0.25) is 0 Å². The summed E-state index contributed by atoms with van der Waals surface area (Å²) in [6.45, 7) is 0. The molecule has 14 heavy (non-hydrogen) atoms. The van der Waals surface area contributed by atoms with Crippen LogP contribution in [0.15, 0.2) is 36.4 Å². The molecule has 0 amide bonds. The summed E-state index contributed by atoms with van der Waals surface area (Å²) in [6, 6.07) is 4.43. The molecule has 0 N–H and O–H groups in total. The highest BCUT2D eigenvalue weighted by molar-refractivity contribution is 9.11. The molecule has 7 heteroatoms. The zero-order chi connectivity index (χ0) is 10.8. The summed E-state index contributed by atoms with van der Waals surface area (Å²) in [4.78, 5) is 9.81. The Bertz CT molecular complexity index is 506. The van der Waals surface area contributed by atoms with Crippen LogP contribution in [0.1, 0.15) is 0 Å². The number of benzene rings is 1. The van der Waals surface area contributed by atoms with Crippen molar-refractivity contribution < 1.29 is 13.2 Å². The molecule has 0 aliphatic rings. The Morgan fingerprint density at radius 2 is 1.93 bits per heavy atom. The molecule has 0 bridgehead atoms. The number of sulfonamides is 1. The van der Waals surface area contributed by atoms with Gasteiger partial charge >= 0.3 is 0 Å². The quantitative estimate of drug-likeness (QED) is 0.612. The third-order valence-corrected chi connectivity index (χ3v) is 3.97. The van der Waals surface area contributed by atoms with Crippen LogP contribution in [-0.4, -0.2) is 14.5 Å². The van der Waals surface area contributed by atoms with E-state index in [1.54, 1.807) is 6.07 Å². The van der Waals surface area contributed by atoms with Crippen LogP contribution in [0, 0.1) is 0 Å². The van der Waals surface area contributed by atoms with Gasteiger partial charge in [-0.1, -0.05) is 20.3 Å². The minimum atomic E-state index is -3.92. The number of halogens is 2. The average molecular weight is 341 g/mol. The second-order valence-electron chi connectivity index (χ2n) is 2.23. The van der Waals surface area contributed by atoms with Gasteiger partial charge in [0.25, 0.3) is 16.1 Å². The summed E-state index contributed by atoms with van der Waals surface area (Å²) >= 11 is 6.22. The molecule has 0 aliphatic heterocycles. The van der Waals surface area contributed by atoms with Gasteiger partial charge in [-0.05, 0) is 34.1 Å². The number of carbonyl (C=O) groups excluding carboxylic acids is 1. The highest BCUT2D eigenvalue weighted by atomic mass is 79.9. The highest BCUT2D eigenvalue weighted by Gasteiger charge is 2.16. The zero-order valence-electron chi connectivity index (χ0n) is 6.57. The molecule has 0 heterocycles. The van der Waals surface area contributed by atoms with E-state index in [-0.39, 0.29) is 4.90 Å². The molecule has 0 saturated heterocycles. The monoisotopic (exact) mass is 339 g/mol. The van der Waals surface area contributed by atoms with Gasteiger partial charge in [0.2, 0.25) is 0 Å². The van der Waals surface area contributed by atoms with E-state index in [0.717, 1.165) is 10.6 Å². The summed E-state index contributed by atoms with van der Waals surface area (Å²) in [7, 11) is -3.92. The number of hydrogen-bond donors (Lipinski definition) is 0. The normalized spacial score (nSPS) is 10.7. The first-order valence-corrected chi connectivity index (χ1v) is 6.29. The Labute approximate surface area is 97.3 Å². The van der Waals surface area contributed by atoms with Gasteiger partial charge in [-0.25, -0.2) is 4.79 Å². The molecule has 74 valence electrons. The van der Waals surface area contributed by atoms with Gasteiger partial charge in [0.15, 0.2) is 0 Å². The zero-order valence-corrected chi connectivity index (χ0v) is 10.6. The lowest BCUT2D eigenvalue weighted by molar-refractivity contribution is 0.563.